The third kappa shape index (κ3) is 3.36. The normalized spacial score (nSPS) is 14.8. The summed E-state index contributed by atoms with van der Waals surface area (Å²) in [5, 5.41) is 12.0. The first-order valence-electron chi connectivity index (χ1n) is 7.84. The Bertz CT molecular complexity index is 974. The molecule has 0 bridgehead atoms. The highest BCUT2D eigenvalue weighted by atomic mass is 32.2. The molecule has 0 spiro atoms. The molecule has 25 heavy (non-hydrogen) atoms. The van der Waals surface area contributed by atoms with Gasteiger partial charge in [0.05, 0.1) is 16.3 Å². The van der Waals surface area contributed by atoms with Crippen molar-refractivity contribution in [2.75, 3.05) is 5.32 Å². The summed E-state index contributed by atoms with van der Waals surface area (Å²) in [6.07, 6.45) is 4.91. The van der Waals surface area contributed by atoms with Gasteiger partial charge in [0.15, 0.2) is 4.34 Å². The number of aromatic nitrogens is 2. The van der Waals surface area contributed by atoms with Gasteiger partial charge in [-0.2, -0.15) is 5.26 Å². The molecule has 1 aliphatic carbocycles. The number of amides is 1. The lowest BCUT2D eigenvalue weighted by atomic mass is 10.1. The van der Waals surface area contributed by atoms with Crippen molar-refractivity contribution in [3.63, 3.8) is 0 Å². The van der Waals surface area contributed by atoms with Crippen LogP contribution >= 0.6 is 23.1 Å². The number of nitrogens with zero attached hydrogens (tertiary/aromatic N) is 3. The van der Waals surface area contributed by atoms with E-state index in [1.165, 1.54) is 0 Å². The Morgan fingerprint density at radius 3 is 3.00 bits per heavy atom. The molecule has 2 heterocycles. The van der Waals surface area contributed by atoms with E-state index in [1.54, 1.807) is 29.3 Å². The maximum atomic E-state index is 12.2. The lowest BCUT2D eigenvalue weighted by Gasteiger charge is -2.07. The summed E-state index contributed by atoms with van der Waals surface area (Å²) in [6.45, 7) is 0. The van der Waals surface area contributed by atoms with Gasteiger partial charge in [0.1, 0.15) is 5.41 Å². The predicted octanol–water partition coefficient (Wildman–Crippen LogP) is 4.23. The Hall–Kier alpha value is -2.43. The van der Waals surface area contributed by atoms with E-state index in [2.05, 4.69) is 21.4 Å². The number of pyridine rings is 1. The standard InChI is InChI=1S/C18H14N4OS2/c19-11-18(5-6-18)16(23)21-13-3-4-14-15(8-13)25-17(22-14)24-10-12-2-1-7-20-9-12/h1-4,7-9H,5-6,10H2,(H,21,23). The van der Waals surface area contributed by atoms with Crippen LogP contribution in [0.5, 0.6) is 0 Å². The third-order valence-corrected chi connectivity index (χ3v) is 6.34. The van der Waals surface area contributed by atoms with Gasteiger partial charge >= 0.3 is 0 Å². The van der Waals surface area contributed by atoms with Gasteiger partial charge in [0.25, 0.3) is 0 Å². The summed E-state index contributed by atoms with van der Waals surface area (Å²) in [6, 6.07) is 11.8. The van der Waals surface area contributed by atoms with Crippen molar-refractivity contribution in [3.05, 3.63) is 48.3 Å². The lowest BCUT2D eigenvalue weighted by molar-refractivity contribution is -0.119. The van der Waals surface area contributed by atoms with Gasteiger partial charge in [0, 0.05) is 23.8 Å². The zero-order valence-corrected chi connectivity index (χ0v) is 14.9. The number of nitriles is 1. The lowest BCUT2D eigenvalue weighted by Crippen LogP contribution is -2.22. The number of hydrogen-bond acceptors (Lipinski definition) is 6. The first kappa shape index (κ1) is 16.1. The molecule has 1 saturated carbocycles. The molecule has 4 rings (SSSR count). The second kappa shape index (κ2) is 6.47. The number of carbonyl (C=O) groups is 1. The largest absolute Gasteiger partial charge is 0.325 e. The van der Waals surface area contributed by atoms with E-state index in [4.69, 9.17) is 5.26 Å². The average molecular weight is 366 g/mol. The van der Waals surface area contributed by atoms with Gasteiger partial charge in [0.2, 0.25) is 5.91 Å². The molecular formula is C18H14N4OS2. The second-order valence-electron chi connectivity index (χ2n) is 5.96. The number of hydrogen-bond donors (Lipinski definition) is 1. The van der Waals surface area contributed by atoms with Crippen LogP contribution in [0.1, 0.15) is 18.4 Å². The molecule has 1 aliphatic rings. The predicted molar refractivity (Wildman–Crippen MR) is 99.3 cm³/mol. The maximum Gasteiger partial charge on any atom is 0.244 e. The Morgan fingerprint density at radius 1 is 1.40 bits per heavy atom. The van der Waals surface area contributed by atoms with Crippen molar-refractivity contribution in [2.45, 2.75) is 22.9 Å². The van der Waals surface area contributed by atoms with Crippen LogP contribution in [0.2, 0.25) is 0 Å². The Kier molecular flexibility index (Phi) is 4.15. The van der Waals surface area contributed by atoms with Crippen LogP contribution in [-0.2, 0) is 10.5 Å². The second-order valence-corrected chi connectivity index (χ2v) is 8.21. The topological polar surface area (TPSA) is 78.7 Å². The van der Waals surface area contributed by atoms with Crippen molar-refractivity contribution >= 4 is 44.9 Å². The van der Waals surface area contributed by atoms with E-state index < -0.39 is 5.41 Å². The molecule has 1 amide bonds. The van der Waals surface area contributed by atoms with E-state index in [9.17, 15) is 4.79 Å². The van der Waals surface area contributed by atoms with Gasteiger partial charge in [-0.25, -0.2) is 4.98 Å². The number of nitrogens with one attached hydrogen (secondary N) is 1. The van der Waals surface area contributed by atoms with Gasteiger partial charge < -0.3 is 5.32 Å². The van der Waals surface area contributed by atoms with Crippen molar-refractivity contribution in [2.24, 2.45) is 5.41 Å². The smallest absolute Gasteiger partial charge is 0.244 e. The summed E-state index contributed by atoms with van der Waals surface area (Å²) >= 11 is 3.28. The van der Waals surface area contributed by atoms with E-state index in [1.807, 2.05) is 36.5 Å². The number of carbonyl (C=O) groups excluding carboxylic acids is 1. The van der Waals surface area contributed by atoms with Gasteiger partial charge in [-0.05, 0) is 42.7 Å². The molecule has 0 atom stereocenters. The van der Waals surface area contributed by atoms with Crippen LogP contribution in [-0.4, -0.2) is 15.9 Å². The number of thioether (sulfide) groups is 1. The van der Waals surface area contributed by atoms with Crippen LogP contribution in [0.25, 0.3) is 10.2 Å². The fourth-order valence-corrected chi connectivity index (χ4v) is 4.48. The third-order valence-electron chi connectivity index (χ3n) is 4.11. The van der Waals surface area contributed by atoms with Crippen molar-refractivity contribution < 1.29 is 4.79 Å². The molecule has 2 aromatic heterocycles. The SMILES string of the molecule is N#CC1(C(=O)Nc2ccc3nc(SCc4cccnc4)sc3c2)CC1. The molecule has 1 N–H and O–H groups in total. The van der Waals surface area contributed by atoms with E-state index >= 15 is 0 Å². The highest BCUT2D eigenvalue weighted by Gasteiger charge is 2.50. The van der Waals surface area contributed by atoms with Crippen LogP contribution in [0.3, 0.4) is 0 Å². The van der Waals surface area contributed by atoms with Crippen molar-refractivity contribution in [1.29, 1.82) is 5.26 Å². The van der Waals surface area contributed by atoms with Gasteiger partial charge in [-0.3, -0.25) is 9.78 Å². The highest BCUT2D eigenvalue weighted by Crippen LogP contribution is 2.45. The molecule has 3 aromatic rings. The fourth-order valence-electron chi connectivity index (χ4n) is 2.44. The number of benzene rings is 1. The molecule has 0 saturated heterocycles. The van der Waals surface area contributed by atoms with Crippen molar-refractivity contribution in [1.82, 2.24) is 9.97 Å². The first-order valence-corrected chi connectivity index (χ1v) is 9.64. The summed E-state index contributed by atoms with van der Waals surface area (Å²) in [7, 11) is 0. The van der Waals surface area contributed by atoms with Gasteiger partial charge in [-0.15, -0.1) is 11.3 Å². The summed E-state index contributed by atoms with van der Waals surface area (Å²) in [4.78, 5) is 20.9. The number of anilines is 1. The Morgan fingerprint density at radius 2 is 2.28 bits per heavy atom. The molecule has 7 heteroatoms. The van der Waals surface area contributed by atoms with Crippen LogP contribution < -0.4 is 5.32 Å². The average Bonchev–Trinajstić information content (AvgIpc) is 3.34. The molecule has 0 radical (unpaired) electrons. The molecule has 124 valence electrons. The summed E-state index contributed by atoms with van der Waals surface area (Å²) in [5.41, 5.74) is 1.98. The van der Waals surface area contributed by atoms with E-state index in [0.29, 0.717) is 18.5 Å². The van der Waals surface area contributed by atoms with E-state index in [0.717, 1.165) is 25.9 Å². The molecule has 1 aromatic carbocycles. The van der Waals surface area contributed by atoms with Crippen LogP contribution in [0, 0.1) is 16.7 Å². The van der Waals surface area contributed by atoms with E-state index in [-0.39, 0.29) is 5.91 Å². The molecule has 0 unspecified atom stereocenters. The quantitative estimate of drug-likeness (QED) is 0.684. The van der Waals surface area contributed by atoms with Crippen LogP contribution in [0.15, 0.2) is 47.1 Å². The highest BCUT2D eigenvalue weighted by molar-refractivity contribution is 8.00. The Labute approximate surface area is 153 Å². The minimum Gasteiger partial charge on any atom is -0.325 e. The minimum absolute atomic E-state index is 0.204. The zero-order valence-electron chi connectivity index (χ0n) is 13.2. The number of rotatable bonds is 5. The summed E-state index contributed by atoms with van der Waals surface area (Å²) < 4.78 is 2.01. The fraction of sp³-hybridized carbons (Fsp3) is 0.222. The minimum atomic E-state index is -0.812. The van der Waals surface area contributed by atoms with Crippen molar-refractivity contribution in [3.8, 4) is 6.07 Å². The van der Waals surface area contributed by atoms with Gasteiger partial charge in [-0.1, -0.05) is 17.8 Å². The first-order chi connectivity index (χ1) is 12.2. The molecule has 1 fully saturated rings. The Balaban J connectivity index is 1.48. The zero-order chi connectivity index (χ0) is 17.3. The van der Waals surface area contributed by atoms with Crippen LogP contribution in [0.4, 0.5) is 5.69 Å². The summed E-state index contributed by atoms with van der Waals surface area (Å²) in [5.74, 6) is 0.618. The number of thiazole rings is 1. The molecular weight excluding hydrogens is 352 g/mol. The molecule has 0 aliphatic heterocycles. The maximum absolute atomic E-state index is 12.2. The molecule has 5 nitrogen and oxygen atoms in total. The monoisotopic (exact) mass is 366 g/mol. The number of fused-ring (bicyclic) bond motifs is 1.